The second-order valence-electron chi connectivity index (χ2n) is 4.70. The van der Waals surface area contributed by atoms with Crippen molar-refractivity contribution in [3.8, 4) is 5.75 Å². The number of aliphatic imine (C=N–C) groups is 1. The molecule has 0 saturated heterocycles. The van der Waals surface area contributed by atoms with Crippen molar-refractivity contribution in [1.82, 2.24) is 5.32 Å². The van der Waals surface area contributed by atoms with Crippen LogP contribution in [0.4, 0.5) is 0 Å². The molecule has 0 atom stereocenters. The van der Waals surface area contributed by atoms with Crippen LogP contribution in [0.15, 0.2) is 41.4 Å². The van der Waals surface area contributed by atoms with Crippen molar-refractivity contribution in [2.75, 3.05) is 26.2 Å². The Morgan fingerprint density at radius 3 is 2.58 bits per heavy atom. The zero-order valence-electron chi connectivity index (χ0n) is 13.3. The van der Waals surface area contributed by atoms with Crippen molar-refractivity contribution in [1.29, 1.82) is 0 Å². The van der Waals surface area contributed by atoms with Crippen LogP contribution in [0.2, 0.25) is 0 Å². The molecule has 2 N–H and O–H groups in total. The number of aliphatic carboxylic acids is 1. The summed E-state index contributed by atoms with van der Waals surface area (Å²) in [4.78, 5) is 13.1. The Hall–Kier alpha value is -1.92. The van der Waals surface area contributed by atoms with Crippen LogP contribution in [-0.4, -0.2) is 43.5 Å². The van der Waals surface area contributed by atoms with Crippen LogP contribution < -0.4 is 15.5 Å². The van der Waals surface area contributed by atoms with E-state index in [1.807, 2.05) is 30.3 Å². The van der Waals surface area contributed by atoms with E-state index in [1.165, 1.54) is 0 Å². The van der Waals surface area contributed by atoms with Crippen LogP contribution in [0.25, 0.3) is 10.8 Å². The molecule has 24 heavy (non-hydrogen) atoms. The maximum absolute atomic E-state index is 11.9. The summed E-state index contributed by atoms with van der Waals surface area (Å²) in [6.45, 7) is 2.94. The summed E-state index contributed by atoms with van der Waals surface area (Å²) in [6.07, 6.45) is 1.64. The first-order valence-electron chi connectivity index (χ1n) is 7.24. The molecular formula is C17H20CuN2O4. The van der Waals surface area contributed by atoms with Gasteiger partial charge in [0, 0.05) is 25.3 Å². The van der Waals surface area contributed by atoms with Gasteiger partial charge in [0.2, 0.25) is 0 Å². The number of rotatable bonds is 6. The number of nitrogens with zero attached hydrogens (tertiary/aromatic N) is 1. The van der Waals surface area contributed by atoms with Crippen molar-refractivity contribution in [2.45, 2.75) is 6.92 Å². The normalized spacial score (nSPS) is 10.1. The number of carbonyl (C=O) groups is 1. The van der Waals surface area contributed by atoms with Crippen molar-refractivity contribution >= 4 is 23.0 Å². The third-order valence-electron chi connectivity index (χ3n) is 2.86. The minimum absolute atomic E-state index is 0. The van der Waals surface area contributed by atoms with Gasteiger partial charge < -0.3 is 25.4 Å². The third-order valence-corrected chi connectivity index (χ3v) is 2.86. The van der Waals surface area contributed by atoms with E-state index in [1.54, 1.807) is 12.3 Å². The molecule has 1 radical (unpaired) electrons. The Kier molecular flexibility index (Phi) is 11.5. The molecule has 0 aliphatic heterocycles. The van der Waals surface area contributed by atoms with Gasteiger partial charge in [0.15, 0.2) is 0 Å². The number of nitrogens with one attached hydrogen (secondary N) is 1. The molecule has 0 aliphatic rings. The van der Waals surface area contributed by atoms with E-state index in [0.29, 0.717) is 25.2 Å². The maximum Gasteiger partial charge on any atom is 2.00 e. The number of hydrogen-bond donors (Lipinski definition) is 2. The standard InChI is InChI=1S/C15H18N2O2.C2H4O2.Cu/c18-10-9-16-7-8-17-11-14-13-4-2-1-3-12(13)5-6-15(14)19;1-2(3)4;/h1-6,11,16,18-19H,7-10H2;1H3,(H,3,4);/q;;+2/p-2. The van der Waals surface area contributed by atoms with Gasteiger partial charge in [-0.2, -0.15) is 0 Å². The molecule has 0 aliphatic carbocycles. The van der Waals surface area contributed by atoms with Gasteiger partial charge in [-0.1, -0.05) is 42.1 Å². The zero-order chi connectivity index (χ0) is 17.1. The molecule has 0 amide bonds. The van der Waals surface area contributed by atoms with Crippen LogP contribution in [-0.2, 0) is 21.9 Å². The summed E-state index contributed by atoms with van der Waals surface area (Å²) >= 11 is 0. The van der Waals surface area contributed by atoms with E-state index >= 15 is 0 Å². The van der Waals surface area contributed by atoms with E-state index < -0.39 is 5.97 Å². The van der Waals surface area contributed by atoms with Crippen LogP contribution in [0.1, 0.15) is 12.5 Å². The molecule has 133 valence electrons. The number of hydrogen-bond acceptors (Lipinski definition) is 6. The zero-order valence-corrected chi connectivity index (χ0v) is 14.2. The molecule has 0 unspecified atom stereocenters. The predicted molar refractivity (Wildman–Crippen MR) is 86.5 cm³/mol. The molecule has 0 spiro atoms. The number of aliphatic hydroxyl groups is 1. The average Bonchev–Trinajstić information content (AvgIpc) is 2.52. The van der Waals surface area contributed by atoms with Crippen LogP contribution in [0, 0.1) is 0 Å². The number of carboxylic acids is 1. The van der Waals surface area contributed by atoms with Crippen molar-refractivity contribution in [3.63, 3.8) is 0 Å². The molecule has 0 aromatic heterocycles. The van der Waals surface area contributed by atoms with Crippen molar-refractivity contribution < 1.29 is 37.2 Å². The minimum atomic E-state index is -1.08. The second-order valence-corrected chi connectivity index (χ2v) is 4.70. The number of carbonyl (C=O) groups excluding carboxylic acids is 1. The van der Waals surface area contributed by atoms with E-state index in [9.17, 15) is 5.11 Å². The smallest absolute Gasteiger partial charge is 0.872 e. The Morgan fingerprint density at radius 2 is 1.92 bits per heavy atom. The third kappa shape index (κ3) is 8.08. The van der Waals surface area contributed by atoms with Gasteiger partial charge >= 0.3 is 17.1 Å². The monoisotopic (exact) mass is 379 g/mol. The molecule has 6 nitrogen and oxygen atoms in total. The van der Waals surface area contributed by atoms with E-state index in [-0.39, 0.29) is 29.4 Å². The van der Waals surface area contributed by atoms with Gasteiger partial charge in [-0.3, -0.25) is 4.99 Å². The Labute approximate surface area is 151 Å². The van der Waals surface area contributed by atoms with Gasteiger partial charge in [0.25, 0.3) is 0 Å². The van der Waals surface area contributed by atoms with Gasteiger partial charge in [-0.15, -0.1) is 0 Å². The molecule has 2 rings (SSSR count). The predicted octanol–water partition coefficient (Wildman–Crippen LogP) is -0.332. The van der Waals surface area contributed by atoms with Gasteiger partial charge in [0.1, 0.15) is 0 Å². The van der Waals surface area contributed by atoms with Crippen LogP contribution in [0.5, 0.6) is 5.75 Å². The molecule has 0 bridgehead atoms. The first-order valence-corrected chi connectivity index (χ1v) is 7.24. The second kappa shape index (κ2) is 12.5. The first kappa shape index (κ1) is 22.1. The molecule has 0 fully saturated rings. The average molecular weight is 380 g/mol. The van der Waals surface area contributed by atoms with Gasteiger partial charge in [-0.25, -0.2) is 0 Å². The summed E-state index contributed by atoms with van der Waals surface area (Å²) in [6, 6.07) is 11.2. The first-order chi connectivity index (χ1) is 11.1. The van der Waals surface area contributed by atoms with Crippen LogP contribution in [0.3, 0.4) is 0 Å². The molecule has 0 heterocycles. The largest absolute Gasteiger partial charge is 2.00 e. The molecule has 2 aromatic carbocycles. The minimum Gasteiger partial charge on any atom is -0.872 e. The maximum atomic E-state index is 11.9. The number of carboxylic acid groups (broad SMARTS) is 1. The van der Waals surface area contributed by atoms with E-state index in [0.717, 1.165) is 17.7 Å². The number of fused-ring (bicyclic) bond motifs is 1. The molecule has 2 aromatic rings. The van der Waals surface area contributed by atoms with Gasteiger partial charge in [-0.05, 0) is 23.3 Å². The quantitative estimate of drug-likeness (QED) is 0.406. The van der Waals surface area contributed by atoms with E-state index in [4.69, 9.17) is 15.0 Å². The Balaban J connectivity index is 0.000000954. The Bertz CT molecular complexity index is 658. The van der Waals surface area contributed by atoms with Crippen molar-refractivity contribution in [3.05, 3.63) is 42.0 Å². The summed E-state index contributed by atoms with van der Waals surface area (Å²) in [7, 11) is 0. The molecular weight excluding hydrogens is 360 g/mol. The molecule has 7 heteroatoms. The fourth-order valence-electron chi connectivity index (χ4n) is 1.91. The van der Waals surface area contributed by atoms with Crippen molar-refractivity contribution in [2.24, 2.45) is 4.99 Å². The van der Waals surface area contributed by atoms with E-state index in [2.05, 4.69) is 10.3 Å². The fourth-order valence-corrected chi connectivity index (χ4v) is 1.91. The number of benzene rings is 2. The summed E-state index contributed by atoms with van der Waals surface area (Å²) in [5, 5.41) is 34.4. The van der Waals surface area contributed by atoms with Gasteiger partial charge in [0.05, 0.1) is 13.2 Å². The summed E-state index contributed by atoms with van der Waals surface area (Å²) < 4.78 is 0. The van der Waals surface area contributed by atoms with Crippen LogP contribution >= 0.6 is 0 Å². The molecule has 0 saturated carbocycles. The number of aliphatic hydroxyl groups excluding tert-OH is 1. The fraction of sp³-hybridized carbons (Fsp3) is 0.294. The topological polar surface area (TPSA) is 108 Å². The summed E-state index contributed by atoms with van der Waals surface area (Å²) in [5.74, 6) is -1.09. The summed E-state index contributed by atoms with van der Waals surface area (Å²) in [5.41, 5.74) is 0.639. The SMILES string of the molecule is CC(=O)[O-].[Cu+2].[O-]c1ccc2ccccc2c1C=NCCNCCO. The Morgan fingerprint density at radius 1 is 1.25 bits per heavy atom.